The first-order valence-corrected chi connectivity index (χ1v) is 6.93. The lowest BCUT2D eigenvalue weighted by Gasteiger charge is -2.17. The molecule has 110 valence electrons. The fourth-order valence-electron chi connectivity index (χ4n) is 1.61. The number of thioether (sulfide) groups is 1. The van der Waals surface area contributed by atoms with E-state index in [1.807, 2.05) is 0 Å². The molecule has 0 heterocycles. The van der Waals surface area contributed by atoms with E-state index in [4.69, 9.17) is 0 Å². The molecular weight excluding hydrogens is 286 g/mol. The molecule has 0 radical (unpaired) electrons. The molecule has 0 aromatic heterocycles. The molecule has 7 heteroatoms. The van der Waals surface area contributed by atoms with Gasteiger partial charge in [0.25, 0.3) is 0 Å². The summed E-state index contributed by atoms with van der Waals surface area (Å²) in [5.74, 6) is -1.81. The van der Waals surface area contributed by atoms with Crippen LogP contribution >= 0.6 is 11.8 Å². The van der Waals surface area contributed by atoms with Crippen LogP contribution in [0.1, 0.15) is 24.7 Å². The quantitative estimate of drug-likeness (QED) is 0.899. The summed E-state index contributed by atoms with van der Waals surface area (Å²) < 4.78 is 27.2. The summed E-state index contributed by atoms with van der Waals surface area (Å²) in [7, 11) is 1.39. The van der Waals surface area contributed by atoms with Gasteiger partial charge in [-0.05, 0) is 26.0 Å². The maximum absolute atomic E-state index is 13.6. The van der Waals surface area contributed by atoms with Crippen molar-refractivity contribution in [3.05, 3.63) is 35.4 Å². The normalized spacial score (nSPS) is 13.4. The predicted octanol–water partition coefficient (Wildman–Crippen LogP) is 2.60. The Morgan fingerprint density at radius 2 is 1.75 bits per heavy atom. The van der Waals surface area contributed by atoms with Crippen molar-refractivity contribution in [2.75, 3.05) is 7.05 Å². The molecule has 1 aromatic carbocycles. The minimum Gasteiger partial charge on any atom is -0.341 e. The van der Waals surface area contributed by atoms with Gasteiger partial charge < -0.3 is 5.32 Å². The number of halogens is 2. The van der Waals surface area contributed by atoms with E-state index in [1.54, 1.807) is 13.8 Å². The van der Waals surface area contributed by atoms with Crippen molar-refractivity contribution in [3.63, 3.8) is 0 Å². The van der Waals surface area contributed by atoms with Gasteiger partial charge in [-0.25, -0.2) is 13.6 Å². The SMILES string of the molecule is CNC(=O)NC(=O)[C@@H](C)S[C@@H](C)c1c(F)cccc1F. The highest BCUT2D eigenvalue weighted by Crippen LogP contribution is 2.34. The van der Waals surface area contributed by atoms with Crippen LogP contribution in [0.5, 0.6) is 0 Å². The molecule has 0 spiro atoms. The van der Waals surface area contributed by atoms with Crippen LogP contribution in [0.2, 0.25) is 0 Å². The van der Waals surface area contributed by atoms with Crippen LogP contribution < -0.4 is 10.6 Å². The molecule has 2 atom stereocenters. The molecule has 3 amide bonds. The van der Waals surface area contributed by atoms with E-state index in [2.05, 4.69) is 10.6 Å². The highest BCUT2D eigenvalue weighted by Gasteiger charge is 2.23. The summed E-state index contributed by atoms with van der Waals surface area (Å²) in [5.41, 5.74) is -0.0721. The zero-order valence-corrected chi connectivity index (χ0v) is 12.2. The molecule has 0 unspecified atom stereocenters. The lowest BCUT2D eigenvalue weighted by Crippen LogP contribution is -2.41. The van der Waals surface area contributed by atoms with Crippen molar-refractivity contribution < 1.29 is 18.4 Å². The van der Waals surface area contributed by atoms with E-state index in [0.717, 1.165) is 11.8 Å². The molecule has 2 N–H and O–H groups in total. The third-order valence-electron chi connectivity index (χ3n) is 2.65. The van der Waals surface area contributed by atoms with E-state index < -0.39 is 34.1 Å². The van der Waals surface area contributed by atoms with Gasteiger partial charge in [0, 0.05) is 17.9 Å². The van der Waals surface area contributed by atoms with Crippen LogP contribution in [-0.2, 0) is 4.79 Å². The number of hydrogen-bond donors (Lipinski definition) is 2. The Labute approximate surface area is 120 Å². The van der Waals surface area contributed by atoms with Gasteiger partial charge in [0.15, 0.2) is 0 Å². The molecule has 0 saturated carbocycles. The summed E-state index contributed by atoms with van der Waals surface area (Å²) in [5, 5.41) is 3.19. The Morgan fingerprint density at radius 1 is 1.20 bits per heavy atom. The second-order valence-electron chi connectivity index (χ2n) is 4.12. The lowest BCUT2D eigenvalue weighted by molar-refractivity contribution is -0.119. The van der Waals surface area contributed by atoms with Gasteiger partial charge >= 0.3 is 6.03 Å². The molecular formula is C13H16F2N2O2S. The van der Waals surface area contributed by atoms with Gasteiger partial charge in [0.05, 0.1) is 5.25 Å². The van der Waals surface area contributed by atoms with Crippen molar-refractivity contribution in [1.29, 1.82) is 0 Å². The van der Waals surface area contributed by atoms with Crippen LogP contribution in [0.4, 0.5) is 13.6 Å². The molecule has 1 rings (SSSR count). The Kier molecular flexibility index (Phi) is 5.94. The minimum atomic E-state index is -0.649. The number of hydrogen-bond acceptors (Lipinski definition) is 3. The summed E-state index contributed by atoms with van der Waals surface area (Å²) in [6, 6.07) is 3.01. The lowest BCUT2D eigenvalue weighted by atomic mass is 10.1. The van der Waals surface area contributed by atoms with E-state index >= 15 is 0 Å². The molecule has 1 aromatic rings. The fraction of sp³-hybridized carbons (Fsp3) is 0.385. The van der Waals surface area contributed by atoms with Crippen molar-refractivity contribution in [3.8, 4) is 0 Å². The maximum Gasteiger partial charge on any atom is 0.321 e. The summed E-state index contributed by atoms with van der Waals surface area (Å²) in [6.45, 7) is 3.17. The zero-order chi connectivity index (χ0) is 15.3. The number of amides is 3. The number of rotatable bonds is 4. The standard InChI is InChI=1S/C13H16F2N2O2S/c1-7(11-9(14)5-4-6-10(11)15)20-8(2)12(18)17-13(19)16-3/h4-8H,1-3H3,(H2,16,17,18,19)/t7-,8+/m0/s1. The van der Waals surface area contributed by atoms with Gasteiger partial charge in [0.1, 0.15) is 11.6 Å². The molecule has 0 aliphatic carbocycles. The molecule has 0 saturated heterocycles. The molecule has 20 heavy (non-hydrogen) atoms. The monoisotopic (exact) mass is 302 g/mol. The number of urea groups is 1. The Hall–Kier alpha value is -1.63. The molecule has 0 fully saturated rings. The third kappa shape index (κ3) is 4.19. The molecule has 0 bridgehead atoms. The van der Waals surface area contributed by atoms with Crippen molar-refractivity contribution in [1.82, 2.24) is 10.6 Å². The van der Waals surface area contributed by atoms with Crippen LogP contribution in [0.25, 0.3) is 0 Å². The van der Waals surface area contributed by atoms with E-state index in [0.29, 0.717) is 0 Å². The van der Waals surface area contributed by atoms with Crippen LogP contribution in [0, 0.1) is 11.6 Å². The van der Waals surface area contributed by atoms with E-state index in [9.17, 15) is 18.4 Å². The van der Waals surface area contributed by atoms with Crippen LogP contribution in [0.3, 0.4) is 0 Å². The average molecular weight is 302 g/mol. The molecule has 0 aliphatic rings. The number of nitrogens with one attached hydrogen (secondary N) is 2. The smallest absolute Gasteiger partial charge is 0.321 e. The van der Waals surface area contributed by atoms with Gasteiger partial charge in [-0.2, -0.15) is 0 Å². The van der Waals surface area contributed by atoms with Crippen LogP contribution in [0.15, 0.2) is 18.2 Å². The first-order valence-electron chi connectivity index (χ1n) is 5.98. The van der Waals surface area contributed by atoms with Crippen molar-refractivity contribution in [2.45, 2.75) is 24.3 Å². The number of benzene rings is 1. The Morgan fingerprint density at radius 3 is 2.25 bits per heavy atom. The maximum atomic E-state index is 13.6. The summed E-state index contributed by atoms with van der Waals surface area (Å²) in [4.78, 5) is 22.7. The molecule has 4 nitrogen and oxygen atoms in total. The largest absolute Gasteiger partial charge is 0.341 e. The van der Waals surface area contributed by atoms with Crippen molar-refractivity contribution in [2.24, 2.45) is 0 Å². The minimum absolute atomic E-state index is 0.0721. The highest BCUT2D eigenvalue weighted by atomic mass is 32.2. The third-order valence-corrected chi connectivity index (χ3v) is 3.91. The number of carbonyl (C=O) groups excluding carboxylic acids is 2. The zero-order valence-electron chi connectivity index (χ0n) is 11.4. The van der Waals surface area contributed by atoms with Crippen molar-refractivity contribution >= 4 is 23.7 Å². The summed E-state index contributed by atoms with van der Waals surface area (Å²) >= 11 is 1.07. The van der Waals surface area contributed by atoms with Gasteiger partial charge in [-0.3, -0.25) is 10.1 Å². The second-order valence-corrected chi connectivity index (χ2v) is 5.81. The van der Waals surface area contributed by atoms with Gasteiger partial charge in [-0.1, -0.05) is 6.07 Å². The Bertz CT molecular complexity index is 491. The number of carbonyl (C=O) groups is 2. The average Bonchev–Trinajstić information content (AvgIpc) is 2.38. The predicted molar refractivity (Wildman–Crippen MR) is 74.4 cm³/mol. The first kappa shape index (κ1) is 16.4. The number of imide groups is 1. The van der Waals surface area contributed by atoms with E-state index in [-0.39, 0.29) is 5.56 Å². The van der Waals surface area contributed by atoms with Crippen LogP contribution in [-0.4, -0.2) is 24.2 Å². The second kappa shape index (κ2) is 7.23. The fourth-order valence-corrected chi connectivity index (χ4v) is 2.77. The summed E-state index contributed by atoms with van der Waals surface area (Å²) in [6.07, 6.45) is 0. The Balaban J connectivity index is 2.73. The highest BCUT2D eigenvalue weighted by molar-refractivity contribution is 8.00. The van der Waals surface area contributed by atoms with E-state index in [1.165, 1.54) is 25.2 Å². The first-order chi connectivity index (χ1) is 9.36. The molecule has 0 aliphatic heterocycles. The van der Waals surface area contributed by atoms with Gasteiger partial charge in [-0.15, -0.1) is 11.8 Å². The topological polar surface area (TPSA) is 58.2 Å². The van der Waals surface area contributed by atoms with Gasteiger partial charge in [0.2, 0.25) is 5.91 Å².